The van der Waals surface area contributed by atoms with Gasteiger partial charge in [-0.2, -0.15) is 0 Å². The third-order valence-electron chi connectivity index (χ3n) is 4.48. The van der Waals surface area contributed by atoms with E-state index < -0.39 is 0 Å². The molecule has 2 unspecified atom stereocenters. The lowest BCUT2D eigenvalue weighted by Crippen LogP contribution is -2.52. The van der Waals surface area contributed by atoms with Gasteiger partial charge in [-0.05, 0) is 45.2 Å². The first-order chi connectivity index (χ1) is 7.31. The molecule has 0 spiro atoms. The molecule has 1 fully saturated rings. The molecule has 0 aliphatic carbocycles. The van der Waals surface area contributed by atoms with Crippen molar-refractivity contribution < 1.29 is 0 Å². The van der Waals surface area contributed by atoms with Gasteiger partial charge in [-0.1, -0.05) is 27.7 Å². The number of nitrogens with one attached hydrogen (secondary N) is 1. The summed E-state index contributed by atoms with van der Waals surface area (Å²) in [6.45, 7) is 14.0. The Balaban J connectivity index is 2.58. The lowest BCUT2D eigenvalue weighted by molar-refractivity contribution is 0.106. The van der Waals surface area contributed by atoms with Crippen LogP contribution >= 0.6 is 0 Å². The van der Waals surface area contributed by atoms with Gasteiger partial charge in [0.15, 0.2) is 0 Å². The second kappa shape index (κ2) is 5.05. The predicted molar refractivity (Wildman–Crippen MR) is 71.8 cm³/mol. The van der Waals surface area contributed by atoms with Crippen molar-refractivity contribution in [2.24, 2.45) is 5.41 Å². The van der Waals surface area contributed by atoms with Crippen LogP contribution in [0.4, 0.5) is 0 Å². The summed E-state index contributed by atoms with van der Waals surface area (Å²) in [7, 11) is 2.27. The molecule has 2 heteroatoms. The van der Waals surface area contributed by atoms with Crippen molar-refractivity contribution in [1.29, 1.82) is 0 Å². The largest absolute Gasteiger partial charge is 0.310 e. The maximum atomic E-state index is 3.72. The van der Waals surface area contributed by atoms with Crippen molar-refractivity contribution in [3.05, 3.63) is 0 Å². The van der Waals surface area contributed by atoms with Crippen LogP contribution in [-0.2, 0) is 0 Å². The van der Waals surface area contributed by atoms with Crippen LogP contribution in [0.5, 0.6) is 0 Å². The Morgan fingerprint density at radius 1 is 1.38 bits per heavy atom. The van der Waals surface area contributed by atoms with Gasteiger partial charge < -0.3 is 10.2 Å². The molecule has 1 N–H and O–H groups in total. The van der Waals surface area contributed by atoms with Gasteiger partial charge in [-0.25, -0.2) is 0 Å². The average Bonchev–Trinajstić information content (AvgIpc) is 2.64. The molecule has 0 aromatic carbocycles. The molecular weight excluding hydrogens is 196 g/mol. The van der Waals surface area contributed by atoms with Crippen molar-refractivity contribution in [2.45, 2.75) is 65.5 Å². The number of hydrogen-bond donors (Lipinski definition) is 1. The molecule has 2 nitrogen and oxygen atoms in total. The van der Waals surface area contributed by atoms with Crippen molar-refractivity contribution in [3.63, 3.8) is 0 Å². The summed E-state index contributed by atoms with van der Waals surface area (Å²) < 4.78 is 0. The standard InChI is InChI=1S/C14H30N2/c1-7-14(9-8-10-15-14)11-16(6)12(2)13(3,4)5/h12,15H,7-11H2,1-6H3. The molecule has 0 radical (unpaired) electrons. The number of hydrogen-bond acceptors (Lipinski definition) is 2. The van der Waals surface area contributed by atoms with Gasteiger partial charge in [0.25, 0.3) is 0 Å². The Hall–Kier alpha value is -0.0800. The summed E-state index contributed by atoms with van der Waals surface area (Å²) in [6, 6.07) is 0.623. The Labute approximate surface area is 102 Å². The minimum Gasteiger partial charge on any atom is -0.310 e. The van der Waals surface area contributed by atoms with Crippen LogP contribution in [0.15, 0.2) is 0 Å². The van der Waals surface area contributed by atoms with Gasteiger partial charge in [0.05, 0.1) is 0 Å². The summed E-state index contributed by atoms with van der Waals surface area (Å²) in [5.41, 5.74) is 0.747. The third-order valence-corrected chi connectivity index (χ3v) is 4.48. The molecule has 16 heavy (non-hydrogen) atoms. The SMILES string of the molecule is CCC1(CN(C)C(C)C(C)(C)C)CCCN1. The van der Waals surface area contributed by atoms with E-state index in [1.165, 1.54) is 32.4 Å². The van der Waals surface area contributed by atoms with E-state index >= 15 is 0 Å². The fourth-order valence-corrected chi connectivity index (χ4v) is 2.69. The lowest BCUT2D eigenvalue weighted by atomic mass is 9.85. The Kier molecular flexibility index (Phi) is 4.42. The van der Waals surface area contributed by atoms with Gasteiger partial charge >= 0.3 is 0 Å². The summed E-state index contributed by atoms with van der Waals surface area (Å²) in [4.78, 5) is 2.53. The third kappa shape index (κ3) is 3.21. The van der Waals surface area contributed by atoms with Gasteiger partial charge in [0.1, 0.15) is 0 Å². The summed E-state index contributed by atoms with van der Waals surface area (Å²) in [5.74, 6) is 0. The maximum Gasteiger partial charge on any atom is 0.0306 e. The smallest absolute Gasteiger partial charge is 0.0306 e. The Morgan fingerprint density at radius 2 is 2.00 bits per heavy atom. The van der Waals surface area contributed by atoms with Crippen molar-refractivity contribution in [3.8, 4) is 0 Å². The molecule has 0 aromatic heterocycles. The maximum absolute atomic E-state index is 3.72. The van der Waals surface area contributed by atoms with E-state index in [1.54, 1.807) is 0 Å². The van der Waals surface area contributed by atoms with Gasteiger partial charge in [0.2, 0.25) is 0 Å². The van der Waals surface area contributed by atoms with Crippen LogP contribution in [0.25, 0.3) is 0 Å². The molecule has 2 atom stereocenters. The Bertz CT molecular complexity index is 211. The van der Waals surface area contributed by atoms with Gasteiger partial charge in [-0.15, -0.1) is 0 Å². The van der Waals surface area contributed by atoms with Gasteiger partial charge in [-0.3, -0.25) is 0 Å². The molecule has 1 heterocycles. The summed E-state index contributed by atoms with van der Waals surface area (Å²) >= 11 is 0. The molecule has 0 aromatic rings. The molecule has 0 amide bonds. The van der Waals surface area contributed by atoms with Crippen LogP contribution in [0.1, 0.15) is 53.9 Å². The van der Waals surface area contributed by atoms with Crippen molar-refractivity contribution in [1.82, 2.24) is 10.2 Å². The van der Waals surface area contributed by atoms with E-state index in [2.05, 4.69) is 51.9 Å². The number of nitrogens with zero attached hydrogens (tertiary/aromatic N) is 1. The molecule has 96 valence electrons. The first-order valence-corrected chi connectivity index (χ1v) is 6.76. The second-order valence-electron chi connectivity index (χ2n) is 6.62. The molecule has 1 aliphatic heterocycles. The van der Waals surface area contributed by atoms with E-state index in [4.69, 9.17) is 0 Å². The normalized spacial score (nSPS) is 28.7. The van der Waals surface area contributed by atoms with E-state index in [1.807, 2.05) is 0 Å². The van der Waals surface area contributed by atoms with Crippen LogP contribution in [0.3, 0.4) is 0 Å². The van der Waals surface area contributed by atoms with Crippen LogP contribution in [-0.4, -0.2) is 36.6 Å². The van der Waals surface area contributed by atoms with E-state index in [9.17, 15) is 0 Å². The second-order valence-corrected chi connectivity index (χ2v) is 6.62. The van der Waals surface area contributed by atoms with Gasteiger partial charge in [0, 0.05) is 18.1 Å². The fraction of sp³-hybridized carbons (Fsp3) is 1.00. The van der Waals surface area contributed by atoms with Crippen molar-refractivity contribution >= 4 is 0 Å². The van der Waals surface area contributed by atoms with Crippen LogP contribution in [0.2, 0.25) is 0 Å². The first-order valence-electron chi connectivity index (χ1n) is 6.76. The highest BCUT2D eigenvalue weighted by molar-refractivity contribution is 4.95. The lowest BCUT2D eigenvalue weighted by Gasteiger charge is -2.41. The highest BCUT2D eigenvalue weighted by atomic mass is 15.2. The molecular formula is C14H30N2. The monoisotopic (exact) mass is 226 g/mol. The fourth-order valence-electron chi connectivity index (χ4n) is 2.69. The summed E-state index contributed by atoms with van der Waals surface area (Å²) in [5, 5.41) is 3.72. The molecule has 1 rings (SSSR count). The molecule has 0 saturated carbocycles. The zero-order valence-electron chi connectivity index (χ0n) is 12.1. The van der Waals surface area contributed by atoms with E-state index in [0.29, 0.717) is 17.0 Å². The molecule has 1 aliphatic rings. The Morgan fingerprint density at radius 3 is 2.38 bits per heavy atom. The first kappa shape index (κ1) is 14.0. The van der Waals surface area contributed by atoms with Crippen LogP contribution in [0, 0.1) is 5.41 Å². The average molecular weight is 226 g/mol. The highest BCUT2D eigenvalue weighted by Crippen LogP contribution is 2.28. The summed E-state index contributed by atoms with van der Waals surface area (Å²) in [6.07, 6.45) is 3.92. The number of rotatable bonds is 4. The zero-order valence-corrected chi connectivity index (χ0v) is 12.1. The quantitative estimate of drug-likeness (QED) is 0.793. The zero-order chi connectivity index (χ0) is 12.4. The number of likely N-dealkylation sites (N-methyl/N-ethyl adjacent to an activating group) is 1. The minimum absolute atomic E-state index is 0.363. The topological polar surface area (TPSA) is 15.3 Å². The van der Waals surface area contributed by atoms with Crippen LogP contribution < -0.4 is 5.32 Å². The molecule has 0 bridgehead atoms. The van der Waals surface area contributed by atoms with E-state index in [-0.39, 0.29) is 0 Å². The minimum atomic E-state index is 0.363. The highest BCUT2D eigenvalue weighted by Gasteiger charge is 2.35. The van der Waals surface area contributed by atoms with Crippen molar-refractivity contribution in [2.75, 3.05) is 20.1 Å². The molecule has 1 saturated heterocycles. The predicted octanol–water partition coefficient (Wildman–Crippen LogP) is 2.89. The van der Waals surface area contributed by atoms with E-state index in [0.717, 1.165) is 0 Å².